The molecule has 7 heteroatoms. The maximum atomic E-state index is 12.6. The summed E-state index contributed by atoms with van der Waals surface area (Å²) in [5.41, 5.74) is 3.78. The van der Waals surface area contributed by atoms with Crippen molar-refractivity contribution in [1.29, 1.82) is 0 Å². The van der Waals surface area contributed by atoms with E-state index in [2.05, 4.69) is 45.7 Å². The van der Waals surface area contributed by atoms with E-state index in [9.17, 15) is 4.79 Å². The van der Waals surface area contributed by atoms with Gasteiger partial charge in [0.05, 0.1) is 22.3 Å². The molecule has 3 rings (SSSR count). The highest BCUT2D eigenvalue weighted by atomic mass is 32.1. The summed E-state index contributed by atoms with van der Waals surface area (Å²) in [5.74, 6) is 0.761. The SMILES string of the molecule is CNc1snc(C)c1C(=O)Nc1ccc2nc(C(C)(C)C)[nH]c2c1. The topological polar surface area (TPSA) is 82.7 Å². The number of fused-ring (bicyclic) bond motifs is 1. The summed E-state index contributed by atoms with van der Waals surface area (Å²) in [5, 5.41) is 6.72. The molecule has 126 valence electrons. The average Bonchev–Trinajstić information content (AvgIpc) is 3.09. The second-order valence-corrected chi connectivity index (χ2v) is 7.52. The maximum absolute atomic E-state index is 12.6. The van der Waals surface area contributed by atoms with E-state index in [1.54, 1.807) is 7.05 Å². The van der Waals surface area contributed by atoms with Crippen LogP contribution in [0.4, 0.5) is 10.7 Å². The Morgan fingerprint density at radius 2 is 2.04 bits per heavy atom. The van der Waals surface area contributed by atoms with E-state index in [0.717, 1.165) is 33.2 Å². The van der Waals surface area contributed by atoms with Gasteiger partial charge in [-0.05, 0) is 36.7 Å². The molecule has 0 aliphatic carbocycles. The number of hydrogen-bond donors (Lipinski definition) is 3. The largest absolute Gasteiger partial charge is 0.378 e. The van der Waals surface area contributed by atoms with Crippen LogP contribution in [-0.4, -0.2) is 27.3 Å². The second-order valence-electron chi connectivity index (χ2n) is 6.74. The van der Waals surface area contributed by atoms with Crippen molar-refractivity contribution in [1.82, 2.24) is 14.3 Å². The Bertz CT molecular complexity index is 903. The van der Waals surface area contributed by atoms with Gasteiger partial charge < -0.3 is 15.6 Å². The Kier molecular flexibility index (Phi) is 4.04. The van der Waals surface area contributed by atoms with Gasteiger partial charge in [0, 0.05) is 18.2 Å². The van der Waals surface area contributed by atoms with Crippen LogP contribution in [0.2, 0.25) is 0 Å². The number of amides is 1. The number of nitrogens with one attached hydrogen (secondary N) is 3. The van der Waals surface area contributed by atoms with Crippen molar-refractivity contribution in [2.24, 2.45) is 0 Å². The Morgan fingerprint density at radius 3 is 2.71 bits per heavy atom. The zero-order valence-corrected chi connectivity index (χ0v) is 15.3. The van der Waals surface area contributed by atoms with Crippen LogP contribution in [0.1, 0.15) is 42.6 Å². The average molecular weight is 343 g/mol. The first-order valence-corrected chi connectivity index (χ1v) is 8.52. The molecule has 0 aliphatic rings. The molecule has 0 spiro atoms. The van der Waals surface area contributed by atoms with Crippen LogP contribution >= 0.6 is 11.5 Å². The maximum Gasteiger partial charge on any atom is 0.260 e. The van der Waals surface area contributed by atoms with Gasteiger partial charge in [-0.3, -0.25) is 4.79 Å². The highest BCUT2D eigenvalue weighted by Crippen LogP contribution is 2.27. The van der Waals surface area contributed by atoms with Crippen LogP contribution in [0.3, 0.4) is 0 Å². The van der Waals surface area contributed by atoms with Crippen LogP contribution in [0, 0.1) is 6.92 Å². The van der Waals surface area contributed by atoms with E-state index in [4.69, 9.17) is 0 Å². The normalized spacial score (nSPS) is 11.7. The van der Waals surface area contributed by atoms with Crippen molar-refractivity contribution in [3.63, 3.8) is 0 Å². The Labute approximate surface area is 144 Å². The summed E-state index contributed by atoms with van der Waals surface area (Å²) in [6.07, 6.45) is 0. The molecule has 0 aliphatic heterocycles. The van der Waals surface area contributed by atoms with E-state index in [1.807, 2.05) is 25.1 Å². The Morgan fingerprint density at radius 1 is 1.29 bits per heavy atom. The van der Waals surface area contributed by atoms with Crippen LogP contribution in [-0.2, 0) is 5.41 Å². The minimum atomic E-state index is -0.166. The molecule has 0 fully saturated rings. The highest BCUT2D eigenvalue weighted by molar-refractivity contribution is 7.10. The molecule has 0 atom stereocenters. The van der Waals surface area contributed by atoms with E-state index in [1.165, 1.54) is 11.5 Å². The van der Waals surface area contributed by atoms with Crippen molar-refractivity contribution in [2.75, 3.05) is 17.7 Å². The molecule has 0 unspecified atom stereocenters. The number of aromatic amines is 1. The summed E-state index contributed by atoms with van der Waals surface area (Å²) in [4.78, 5) is 20.5. The zero-order valence-electron chi connectivity index (χ0n) is 14.4. The number of aryl methyl sites for hydroxylation is 1. The van der Waals surface area contributed by atoms with Gasteiger partial charge in [-0.15, -0.1) is 0 Å². The summed E-state index contributed by atoms with van der Waals surface area (Å²) in [6, 6.07) is 5.68. The Hall–Kier alpha value is -2.41. The van der Waals surface area contributed by atoms with Gasteiger partial charge in [0.1, 0.15) is 10.8 Å². The summed E-state index contributed by atoms with van der Waals surface area (Å²) in [6.45, 7) is 8.16. The van der Waals surface area contributed by atoms with E-state index >= 15 is 0 Å². The molecule has 2 heterocycles. The molecule has 1 amide bonds. The number of carbonyl (C=O) groups is 1. The molecule has 0 radical (unpaired) electrons. The smallest absolute Gasteiger partial charge is 0.260 e. The fourth-order valence-electron chi connectivity index (χ4n) is 2.44. The van der Waals surface area contributed by atoms with E-state index in [0.29, 0.717) is 5.56 Å². The second kappa shape index (κ2) is 5.90. The molecule has 2 aromatic heterocycles. The number of nitrogens with zero attached hydrogens (tertiary/aromatic N) is 2. The minimum absolute atomic E-state index is 0.0520. The first kappa shape index (κ1) is 16.4. The van der Waals surface area contributed by atoms with Crippen LogP contribution < -0.4 is 10.6 Å². The van der Waals surface area contributed by atoms with Gasteiger partial charge >= 0.3 is 0 Å². The Balaban J connectivity index is 1.90. The van der Waals surface area contributed by atoms with Crippen LogP contribution in [0.5, 0.6) is 0 Å². The number of carbonyl (C=O) groups excluding carboxylic acids is 1. The molecule has 0 bridgehead atoms. The molecule has 6 nitrogen and oxygen atoms in total. The molecule has 0 saturated heterocycles. The van der Waals surface area contributed by atoms with Gasteiger partial charge in [-0.2, -0.15) is 4.37 Å². The number of hydrogen-bond acceptors (Lipinski definition) is 5. The predicted molar refractivity (Wildman–Crippen MR) is 99.1 cm³/mol. The number of imidazole rings is 1. The summed E-state index contributed by atoms with van der Waals surface area (Å²) < 4.78 is 4.23. The van der Waals surface area contributed by atoms with Gasteiger partial charge in [-0.1, -0.05) is 20.8 Å². The molecular formula is C17H21N5OS. The van der Waals surface area contributed by atoms with E-state index < -0.39 is 0 Å². The lowest BCUT2D eigenvalue weighted by Gasteiger charge is -2.13. The van der Waals surface area contributed by atoms with Crippen molar-refractivity contribution in [3.8, 4) is 0 Å². The summed E-state index contributed by atoms with van der Waals surface area (Å²) >= 11 is 1.29. The lowest BCUT2D eigenvalue weighted by Crippen LogP contribution is -2.14. The number of benzene rings is 1. The third-order valence-corrected chi connectivity index (χ3v) is 4.72. The standard InChI is InChI=1S/C17H21N5OS/c1-9-13(15(18-5)24-22-9)14(23)19-10-6-7-11-12(8-10)21-16(20-11)17(2,3)4/h6-8,18H,1-5H3,(H,19,23)(H,20,21). The van der Waals surface area contributed by atoms with Crippen molar-refractivity contribution < 1.29 is 4.79 Å². The molecule has 3 aromatic rings. The third kappa shape index (κ3) is 2.99. The molecule has 0 saturated carbocycles. The van der Waals surface area contributed by atoms with Crippen molar-refractivity contribution >= 4 is 39.2 Å². The van der Waals surface area contributed by atoms with Crippen LogP contribution in [0.25, 0.3) is 11.0 Å². The predicted octanol–water partition coefficient (Wildman–Crippen LogP) is 3.92. The van der Waals surface area contributed by atoms with Gasteiger partial charge in [0.25, 0.3) is 5.91 Å². The lowest BCUT2D eigenvalue weighted by atomic mass is 9.96. The van der Waals surface area contributed by atoms with Gasteiger partial charge in [-0.25, -0.2) is 4.98 Å². The highest BCUT2D eigenvalue weighted by Gasteiger charge is 2.20. The van der Waals surface area contributed by atoms with E-state index in [-0.39, 0.29) is 11.3 Å². The van der Waals surface area contributed by atoms with Gasteiger partial charge in [0.2, 0.25) is 0 Å². The summed E-state index contributed by atoms with van der Waals surface area (Å²) in [7, 11) is 1.79. The first-order valence-electron chi connectivity index (χ1n) is 7.75. The number of aromatic nitrogens is 3. The molecule has 1 aromatic carbocycles. The molecular weight excluding hydrogens is 322 g/mol. The van der Waals surface area contributed by atoms with Crippen molar-refractivity contribution in [2.45, 2.75) is 33.1 Å². The minimum Gasteiger partial charge on any atom is -0.378 e. The monoisotopic (exact) mass is 343 g/mol. The number of rotatable bonds is 3. The molecule has 3 N–H and O–H groups in total. The van der Waals surface area contributed by atoms with Crippen molar-refractivity contribution in [3.05, 3.63) is 35.3 Å². The number of H-pyrrole nitrogens is 1. The quantitative estimate of drug-likeness (QED) is 0.673. The number of anilines is 2. The fourth-order valence-corrected chi connectivity index (χ4v) is 3.19. The van der Waals surface area contributed by atoms with Crippen LogP contribution in [0.15, 0.2) is 18.2 Å². The molecule has 24 heavy (non-hydrogen) atoms. The third-order valence-electron chi connectivity index (χ3n) is 3.77. The first-order chi connectivity index (χ1) is 11.3. The zero-order chi connectivity index (χ0) is 17.5. The lowest BCUT2D eigenvalue weighted by molar-refractivity contribution is 0.102. The fraction of sp³-hybridized carbons (Fsp3) is 0.353. The van der Waals surface area contributed by atoms with Gasteiger partial charge in [0.15, 0.2) is 0 Å².